The number of nitrogens with one attached hydrogen (secondary N) is 2. The lowest BCUT2D eigenvalue weighted by Gasteiger charge is -2.18. The fraction of sp³-hybridized carbons (Fsp3) is 0.545. The van der Waals surface area contributed by atoms with Crippen molar-refractivity contribution in [2.24, 2.45) is 5.92 Å². The van der Waals surface area contributed by atoms with Crippen LogP contribution in [0.1, 0.15) is 19.3 Å². The van der Waals surface area contributed by atoms with Gasteiger partial charge in [-0.25, -0.2) is 9.97 Å². The van der Waals surface area contributed by atoms with Gasteiger partial charge in [0.15, 0.2) is 0 Å². The van der Waals surface area contributed by atoms with Crippen LogP contribution < -0.4 is 10.6 Å². The highest BCUT2D eigenvalue weighted by Gasteiger charge is 2.42. The molecular weight excluding hydrogens is 240 g/mol. The number of amides is 1. The van der Waals surface area contributed by atoms with E-state index in [1.54, 1.807) is 6.07 Å². The number of nitrogens with zero attached hydrogens (tertiary/aromatic N) is 2. The molecule has 17 heavy (non-hydrogen) atoms. The first-order valence-corrected chi connectivity index (χ1v) is 6.15. The zero-order valence-electron chi connectivity index (χ0n) is 9.19. The van der Waals surface area contributed by atoms with Gasteiger partial charge >= 0.3 is 0 Å². The molecule has 2 bridgehead atoms. The summed E-state index contributed by atoms with van der Waals surface area (Å²) < 4.78 is 0. The molecule has 3 unspecified atom stereocenters. The average Bonchev–Trinajstić information content (AvgIpc) is 2.90. The molecule has 1 aromatic heterocycles. The Labute approximate surface area is 104 Å². The van der Waals surface area contributed by atoms with Gasteiger partial charge in [-0.15, -0.1) is 0 Å². The van der Waals surface area contributed by atoms with E-state index in [-0.39, 0.29) is 17.1 Å². The monoisotopic (exact) mass is 252 g/mol. The van der Waals surface area contributed by atoms with Crippen LogP contribution in [-0.2, 0) is 4.79 Å². The van der Waals surface area contributed by atoms with E-state index in [1.807, 2.05) is 0 Å². The Hall–Kier alpha value is -1.20. The SMILES string of the molecule is O=C(Nc1ccnc(Cl)n1)C1CC2CCC1N2. The number of anilines is 1. The summed E-state index contributed by atoms with van der Waals surface area (Å²) in [4.78, 5) is 19.8. The van der Waals surface area contributed by atoms with E-state index < -0.39 is 0 Å². The maximum atomic E-state index is 12.1. The van der Waals surface area contributed by atoms with Crippen LogP contribution in [0.4, 0.5) is 5.82 Å². The maximum Gasteiger partial charge on any atom is 0.230 e. The first-order chi connectivity index (χ1) is 8.22. The van der Waals surface area contributed by atoms with Gasteiger partial charge in [0.05, 0.1) is 5.92 Å². The number of aromatic nitrogens is 2. The molecule has 3 atom stereocenters. The molecule has 1 aromatic rings. The zero-order valence-corrected chi connectivity index (χ0v) is 9.94. The molecule has 3 heterocycles. The van der Waals surface area contributed by atoms with Crippen molar-refractivity contribution in [2.75, 3.05) is 5.32 Å². The molecule has 0 spiro atoms. The third-order valence-corrected chi connectivity index (χ3v) is 3.70. The highest BCUT2D eigenvalue weighted by atomic mass is 35.5. The molecular formula is C11H13ClN4O. The number of fused-ring (bicyclic) bond motifs is 2. The molecule has 2 aliphatic heterocycles. The Kier molecular flexibility index (Phi) is 2.72. The van der Waals surface area contributed by atoms with Crippen molar-refractivity contribution in [2.45, 2.75) is 31.3 Å². The maximum absolute atomic E-state index is 12.1. The van der Waals surface area contributed by atoms with Crippen molar-refractivity contribution >= 4 is 23.3 Å². The number of halogens is 1. The number of hydrogen-bond acceptors (Lipinski definition) is 4. The number of hydrogen-bond donors (Lipinski definition) is 2. The number of rotatable bonds is 2. The first kappa shape index (κ1) is 10.9. The lowest BCUT2D eigenvalue weighted by Crippen LogP contribution is -2.33. The molecule has 5 nitrogen and oxygen atoms in total. The fourth-order valence-electron chi connectivity index (χ4n) is 2.74. The Morgan fingerprint density at radius 2 is 2.41 bits per heavy atom. The van der Waals surface area contributed by atoms with E-state index in [1.165, 1.54) is 12.6 Å². The Morgan fingerprint density at radius 1 is 1.53 bits per heavy atom. The predicted molar refractivity (Wildman–Crippen MR) is 63.7 cm³/mol. The molecule has 2 N–H and O–H groups in total. The van der Waals surface area contributed by atoms with E-state index in [0.29, 0.717) is 17.9 Å². The molecule has 0 radical (unpaired) electrons. The quantitative estimate of drug-likeness (QED) is 0.777. The molecule has 2 fully saturated rings. The van der Waals surface area contributed by atoms with Crippen LogP contribution in [0.3, 0.4) is 0 Å². The van der Waals surface area contributed by atoms with Gasteiger partial charge in [0.2, 0.25) is 11.2 Å². The Morgan fingerprint density at radius 3 is 3.06 bits per heavy atom. The van der Waals surface area contributed by atoms with Gasteiger partial charge in [-0.1, -0.05) is 0 Å². The Bertz CT molecular complexity index is 453. The van der Waals surface area contributed by atoms with Crippen molar-refractivity contribution in [3.05, 3.63) is 17.5 Å². The second-order valence-corrected chi connectivity index (χ2v) is 4.93. The van der Waals surface area contributed by atoms with Gasteiger partial charge in [0.25, 0.3) is 0 Å². The van der Waals surface area contributed by atoms with E-state index in [4.69, 9.17) is 11.6 Å². The third-order valence-electron chi connectivity index (χ3n) is 3.51. The highest BCUT2D eigenvalue weighted by molar-refractivity contribution is 6.28. The van der Waals surface area contributed by atoms with Crippen LogP contribution in [-0.4, -0.2) is 28.0 Å². The van der Waals surface area contributed by atoms with Gasteiger partial charge in [-0.05, 0) is 36.9 Å². The van der Waals surface area contributed by atoms with Crippen LogP contribution in [0.2, 0.25) is 5.28 Å². The minimum absolute atomic E-state index is 0.0273. The summed E-state index contributed by atoms with van der Waals surface area (Å²) in [5, 5.41) is 6.38. The topological polar surface area (TPSA) is 66.9 Å². The smallest absolute Gasteiger partial charge is 0.230 e. The molecule has 2 saturated heterocycles. The minimum atomic E-state index is 0.0273. The fourth-order valence-corrected chi connectivity index (χ4v) is 2.88. The summed E-state index contributed by atoms with van der Waals surface area (Å²) in [6.45, 7) is 0. The van der Waals surface area contributed by atoms with Gasteiger partial charge in [0, 0.05) is 18.3 Å². The van der Waals surface area contributed by atoms with Crippen LogP contribution in [0, 0.1) is 5.92 Å². The summed E-state index contributed by atoms with van der Waals surface area (Å²) in [6.07, 6.45) is 4.74. The Balaban J connectivity index is 1.68. The van der Waals surface area contributed by atoms with Crippen molar-refractivity contribution in [1.29, 1.82) is 0 Å². The highest BCUT2D eigenvalue weighted by Crippen LogP contribution is 2.33. The number of carbonyl (C=O) groups is 1. The normalized spacial score (nSPS) is 30.5. The largest absolute Gasteiger partial charge is 0.310 e. The molecule has 6 heteroatoms. The summed E-state index contributed by atoms with van der Waals surface area (Å²) in [5.74, 6) is 0.555. The van der Waals surface area contributed by atoms with Crippen LogP contribution in [0.25, 0.3) is 0 Å². The standard InChI is InChI=1S/C11H13ClN4O/c12-11-13-4-3-9(16-11)15-10(17)7-5-6-1-2-8(7)14-6/h3-4,6-8,14H,1-2,5H2,(H,13,15,16,17). The minimum Gasteiger partial charge on any atom is -0.310 e. The summed E-state index contributed by atoms with van der Waals surface area (Å²) >= 11 is 5.67. The van der Waals surface area contributed by atoms with Crippen molar-refractivity contribution in [3.8, 4) is 0 Å². The lowest BCUT2D eigenvalue weighted by molar-refractivity contribution is -0.120. The van der Waals surface area contributed by atoms with Crippen LogP contribution in [0.5, 0.6) is 0 Å². The van der Waals surface area contributed by atoms with E-state index in [2.05, 4.69) is 20.6 Å². The molecule has 0 aliphatic carbocycles. The van der Waals surface area contributed by atoms with Gasteiger partial charge in [-0.3, -0.25) is 4.79 Å². The summed E-state index contributed by atoms with van der Waals surface area (Å²) in [7, 11) is 0. The van der Waals surface area contributed by atoms with Gasteiger partial charge in [0.1, 0.15) is 5.82 Å². The molecule has 2 aliphatic rings. The van der Waals surface area contributed by atoms with Crippen molar-refractivity contribution in [3.63, 3.8) is 0 Å². The average molecular weight is 253 g/mol. The number of carbonyl (C=O) groups excluding carboxylic acids is 1. The molecule has 0 aromatic carbocycles. The molecule has 0 saturated carbocycles. The second kappa shape index (κ2) is 4.23. The van der Waals surface area contributed by atoms with E-state index in [0.717, 1.165) is 12.8 Å². The van der Waals surface area contributed by atoms with Crippen LogP contribution in [0.15, 0.2) is 12.3 Å². The summed E-state index contributed by atoms with van der Waals surface area (Å²) in [5.41, 5.74) is 0. The molecule has 3 rings (SSSR count). The molecule has 1 amide bonds. The van der Waals surface area contributed by atoms with E-state index >= 15 is 0 Å². The van der Waals surface area contributed by atoms with Gasteiger partial charge < -0.3 is 10.6 Å². The summed E-state index contributed by atoms with van der Waals surface area (Å²) in [6, 6.07) is 2.49. The second-order valence-electron chi connectivity index (χ2n) is 4.59. The van der Waals surface area contributed by atoms with Crippen molar-refractivity contribution < 1.29 is 4.79 Å². The van der Waals surface area contributed by atoms with E-state index in [9.17, 15) is 4.79 Å². The molecule has 90 valence electrons. The lowest BCUT2D eigenvalue weighted by atomic mass is 9.88. The van der Waals surface area contributed by atoms with Crippen LogP contribution >= 0.6 is 11.6 Å². The third kappa shape index (κ3) is 2.12. The van der Waals surface area contributed by atoms with Gasteiger partial charge in [-0.2, -0.15) is 0 Å². The zero-order chi connectivity index (χ0) is 11.8. The predicted octanol–water partition coefficient (Wildman–Crippen LogP) is 1.21. The first-order valence-electron chi connectivity index (χ1n) is 5.78. The van der Waals surface area contributed by atoms with Crippen molar-refractivity contribution in [1.82, 2.24) is 15.3 Å².